The van der Waals surface area contributed by atoms with Crippen LogP contribution in [0.4, 0.5) is 5.69 Å². The summed E-state index contributed by atoms with van der Waals surface area (Å²) < 4.78 is 1.49. The maximum absolute atomic E-state index is 13.2. The number of nitrogens with one attached hydrogen (secondary N) is 2. The summed E-state index contributed by atoms with van der Waals surface area (Å²) in [6.07, 6.45) is 5.35. The van der Waals surface area contributed by atoms with Gasteiger partial charge >= 0.3 is 0 Å². The molecule has 0 radical (unpaired) electrons. The smallest absolute Gasteiger partial charge is 0.276 e. The molecule has 1 saturated carbocycles. The summed E-state index contributed by atoms with van der Waals surface area (Å²) in [5.41, 5.74) is 2.15. The number of fused-ring (bicyclic) bond motifs is 1. The Kier molecular flexibility index (Phi) is 5.79. The van der Waals surface area contributed by atoms with E-state index in [1.165, 1.54) is 22.1 Å². The molecule has 0 spiro atoms. The first kappa shape index (κ1) is 22.0. The van der Waals surface area contributed by atoms with Crippen molar-refractivity contribution in [1.29, 1.82) is 0 Å². The lowest BCUT2D eigenvalue weighted by Gasteiger charge is -2.41. The minimum Gasteiger partial charge on any atom is -0.351 e. The van der Waals surface area contributed by atoms with E-state index in [-0.39, 0.29) is 36.0 Å². The van der Waals surface area contributed by atoms with Gasteiger partial charge in [-0.05, 0) is 56.9 Å². The van der Waals surface area contributed by atoms with Crippen LogP contribution in [0.25, 0.3) is 0 Å². The summed E-state index contributed by atoms with van der Waals surface area (Å²) in [5, 5.41) is 10.4. The number of carbonyl (C=O) groups excluding carboxylic acids is 3. The Morgan fingerprint density at radius 1 is 1.06 bits per heavy atom. The molecule has 1 aromatic carbocycles. The molecule has 1 atom stereocenters. The van der Waals surface area contributed by atoms with Crippen molar-refractivity contribution in [2.75, 3.05) is 12.4 Å². The Hall–Kier alpha value is -3.16. The number of benzene rings is 1. The first-order chi connectivity index (χ1) is 15.2. The van der Waals surface area contributed by atoms with Crippen molar-refractivity contribution in [2.45, 2.75) is 71.0 Å². The van der Waals surface area contributed by atoms with Gasteiger partial charge in [0.15, 0.2) is 5.69 Å². The zero-order chi connectivity index (χ0) is 23.0. The Morgan fingerprint density at radius 3 is 2.38 bits per heavy atom. The molecule has 1 fully saturated rings. The molecule has 2 aliphatic rings. The molecule has 170 valence electrons. The largest absolute Gasteiger partial charge is 0.351 e. The van der Waals surface area contributed by atoms with Crippen molar-refractivity contribution in [2.24, 2.45) is 0 Å². The van der Waals surface area contributed by atoms with E-state index in [0.717, 1.165) is 36.8 Å². The summed E-state index contributed by atoms with van der Waals surface area (Å²) in [4.78, 5) is 40.5. The van der Waals surface area contributed by atoms with E-state index in [2.05, 4.69) is 15.7 Å². The Bertz CT molecular complexity index is 1050. The average molecular weight is 438 g/mol. The van der Waals surface area contributed by atoms with Crippen molar-refractivity contribution in [3.8, 4) is 0 Å². The van der Waals surface area contributed by atoms with Gasteiger partial charge in [0.1, 0.15) is 11.2 Å². The highest BCUT2D eigenvalue weighted by atomic mass is 16.2. The van der Waals surface area contributed by atoms with E-state index in [1.54, 1.807) is 14.0 Å². The fourth-order valence-electron chi connectivity index (χ4n) is 4.67. The van der Waals surface area contributed by atoms with E-state index in [9.17, 15) is 14.4 Å². The third-order valence-corrected chi connectivity index (χ3v) is 6.64. The van der Waals surface area contributed by atoms with Gasteiger partial charge in [-0.1, -0.05) is 25.3 Å². The van der Waals surface area contributed by atoms with E-state index >= 15 is 0 Å². The van der Waals surface area contributed by atoms with Gasteiger partial charge in [0.2, 0.25) is 5.91 Å². The molecule has 0 unspecified atom stereocenters. The van der Waals surface area contributed by atoms with Crippen LogP contribution < -0.4 is 10.6 Å². The number of aromatic nitrogens is 2. The second-order valence-electron chi connectivity index (χ2n) is 9.35. The van der Waals surface area contributed by atoms with Crippen LogP contribution in [0.15, 0.2) is 24.3 Å². The highest BCUT2D eigenvalue weighted by molar-refractivity contribution is 6.06. The zero-order valence-corrected chi connectivity index (χ0v) is 19.2. The van der Waals surface area contributed by atoms with Crippen LogP contribution in [-0.2, 0) is 11.3 Å². The maximum atomic E-state index is 13.2. The number of hydrogen-bond acceptors (Lipinski definition) is 4. The van der Waals surface area contributed by atoms with Gasteiger partial charge < -0.3 is 15.5 Å². The average Bonchev–Trinajstić information content (AvgIpc) is 3.16. The van der Waals surface area contributed by atoms with Crippen molar-refractivity contribution in [1.82, 2.24) is 20.0 Å². The number of aryl methyl sites for hydroxylation is 2. The molecule has 0 bridgehead atoms. The minimum absolute atomic E-state index is 0.148. The molecule has 8 nitrogen and oxygen atoms in total. The number of likely N-dealkylation sites (N-methyl/N-ethyl adjacent to an activating group) is 1. The van der Waals surface area contributed by atoms with Crippen LogP contribution >= 0.6 is 0 Å². The number of carbonyl (C=O) groups is 3. The lowest BCUT2D eigenvalue weighted by Crippen LogP contribution is -2.63. The predicted octanol–water partition coefficient (Wildman–Crippen LogP) is 3.05. The van der Waals surface area contributed by atoms with Gasteiger partial charge in [-0.2, -0.15) is 5.10 Å². The third-order valence-electron chi connectivity index (χ3n) is 6.64. The Morgan fingerprint density at radius 2 is 1.72 bits per heavy atom. The lowest BCUT2D eigenvalue weighted by atomic mass is 9.92. The maximum Gasteiger partial charge on any atom is 0.276 e. The molecule has 1 aromatic heterocycles. The molecule has 2 aromatic rings. The number of rotatable bonds is 4. The van der Waals surface area contributed by atoms with Crippen molar-refractivity contribution < 1.29 is 14.4 Å². The van der Waals surface area contributed by atoms with Crippen molar-refractivity contribution in [3.63, 3.8) is 0 Å². The summed E-state index contributed by atoms with van der Waals surface area (Å²) in [5.74, 6) is -0.890. The highest BCUT2D eigenvalue weighted by Gasteiger charge is 2.46. The first-order valence-electron chi connectivity index (χ1n) is 11.2. The monoisotopic (exact) mass is 437 g/mol. The molecule has 1 aliphatic carbocycles. The number of hydrogen-bond donors (Lipinski definition) is 2. The summed E-state index contributed by atoms with van der Waals surface area (Å²) in [6.45, 7) is 5.88. The standard InChI is InChI=1S/C24H31N5O3/c1-15-10-16(2)12-18(11-15)25-21(30)19-13-20-22(31)28(4)24(3,14-29(20)27-19)23(32)26-17-8-6-5-7-9-17/h10-13,17H,5-9,14H2,1-4H3,(H,25,30)(H,26,32)/t24-/m1/s1. The molecule has 0 saturated heterocycles. The van der Waals surface area contributed by atoms with Crippen LogP contribution in [0, 0.1) is 13.8 Å². The van der Waals surface area contributed by atoms with Crippen LogP contribution in [-0.4, -0.2) is 51.0 Å². The van der Waals surface area contributed by atoms with Crippen molar-refractivity contribution in [3.05, 3.63) is 46.8 Å². The van der Waals surface area contributed by atoms with Gasteiger partial charge in [-0.15, -0.1) is 0 Å². The second kappa shape index (κ2) is 8.41. The van der Waals surface area contributed by atoms with Gasteiger partial charge in [0.25, 0.3) is 11.8 Å². The van der Waals surface area contributed by atoms with E-state index in [1.807, 2.05) is 32.0 Å². The molecule has 2 N–H and O–H groups in total. The molecular formula is C24H31N5O3. The summed E-state index contributed by atoms with van der Waals surface area (Å²) in [6, 6.07) is 7.43. The molecule has 2 heterocycles. The van der Waals surface area contributed by atoms with Crippen LogP contribution in [0.2, 0.25) is 0 Å². The Labute approximate surface area is 188 Å². The molecule has 1 aliphatic heterocycles. The zero-order valence-electron chi connectivity index (χ0n) is 19.2. The van der Waals surface area contributed by atoms with Crippen molar-refractivity contribution >= 4 is 23.4 Å². The van der Waals surface area contributed by atoms with Crippen LogP contribution in [0.1, 0.15) is 71.1 Å². The van der Waals surface area contributed by atoms with E-state index in [0.29, 0.717) is 11.4 Å². The summed E-state index contributed by atoms with van der Waals surface area (Å²) >= 11 is 0. The minimum atomic E-state index is -1.07. The van der Waals surface area contributed by atoms with Gasteiger partial charge in [0.05, 0.1) is 6.54 Å². The predicted molar refractivity (Wildman–Crippen MR) is 122 cm³/mol. The fraction of sp³-hybridized carbons (Fsp3) is 0.500. The van der Waals surface area contributed by atoms with Crippen LogP contribution in [0.3, 0.4) is 0 Å². The lowest BCUT2D eigenvalue weighted by molar-refractivity contribution is -0.133. The SMILES string of the molecule is Cc1cc(C)cc(NC(=O)c2cc3n(n2)C[C@](C)(C(=O)NC2CCCCC2)N(C)C3=O)c1. The molecule has 32 heavy (non-hydrogen) atoms. The summed E-state index contributed by atoms with van der Waals surface area (Å²) in [7, 11) is 1.63. The normalized spacial score (nSPS) is 21.2. The third kappa shape index (κ3) is 4.13. The Balaban J connectivity index is 1.54. The molecular weight excluding hydrogens is 406 g/mol. The first-order valence-corrected chi connectivity index (χ1v) is 11.2. The topological polar surface area (TPSA) is 96.3 Å². The fourth-order valence-corrected chi connectivity index (χ4v) is 4.67. The van der Waals surface area contributed by atoms with E-state index < -0.39 is 5.54 Å². The number of nitrogens with zero attached hydrogens (tertiary/aromatic N) is 3. The van der Waals surface area contributed by atoms with Gasteiger partial charge in [-0.25, -0.2) is 0 Å². The van der Waals surface area contributed by atoms with Gasteiger partial charge in [-0.3, -0.25) is 19.1 Å². The molecule has 4 rings (SSSR count). The van der Waals surface area contributed by atoms with Gasteiger partial charge in [0, 0.05) is 24.8 Å². The van der Waals surface area contributed by atoms with Crippen LogP contribution in [0.5, 0.6) is 0 Å². The molecule has 3 amide bonds. The number of anilines is 1. The quantitative estimate of drug-likeness (QED) is 0.768. The van der Waals surface area contributed by atoms with E-state index in [4.69, 9.17) is 0 Å². The molecule has 8 heteroatoms. The second-order valence-corrected chi connectivity index (χ2v) is 9.35. The highest BCUT2D eigenvalue weighted by Crippen LogP contribution is 2.27. The number of amides is 3.